The predicted octanol–water partition coefficient (Wildman–Crippen LogP) is -1.26. The normalized spacial score (nSPS) is 10.7. The number of carbonyl (C=O) groups excluding carboxylic acids is 1. The Kier molecular flexibility index (Phi) is 3.55. The van der Waals surface area contributed by atoms with Gasteiger partial charge in [-0.1, -0.05) is 6.08 Å². The van der Waals surface area contributed by atoms with E-state index in [-0.39, 0.29) is 23.6 Å². The summed E-state index contributed by atoms with van der Waals surface area (Å²) in [6.45, 7) is 3.81. The molecular formula is C12H15N5O3. The number of fused-ring (bicyclic) bond motifs is 1. The smallest absolute Gasteiger partial charge is 0.332 e. The molecule has 20 heavy (non-hydrogen) atoms. The Morgan fingerprint density at radius 3 is 2.75 bits per heavy atom. The van der Waals surface area contributed by atoms with Crippen molar-refractivity contribution in [1.29, 1.82) is 0 Å². The van der Waals surface area contributed by atoms with Crippen LogP contribution in [0, 0.1) is 0 Å². The third kappa shape index (κ3) is 2.15. The number of imidazole rings is 1. The summed E-state index contributed by atoms with van der Waals surface area (Å²) < 4.78 is 3.69. The summed E-state index contributed by atoms with van der Waals surface area (Å²) in [5.74, 6) is -0.264. The lowest BCUT2D eigenvalue weighted by molar-refractivity contribution is -0.121. The van der Waals surface area contributed by atoms with E-state index in [0.717, 1.165) is 4.57 Å². The van der Waals surface area contributed by atoms with E-state index in [1.54, 1.807) is 6.08 Å². The topological polar surface area (TPSA) is 90.9 Å². The van der Waals surface area contributed by atoms with Crippen LogP contribution in [0.5, 0.6) is 0 Å². The second-order valence-corrected chi connectivity index (χ2v) is 4.34. The maximum Gasteiger partial charge on any atom is 0.332 e. The lowest BCUT2D eigenvalue weighted by atomic mass is 10.4. The minimum absolute atomic E-state index is 0.0439. The van der Waals surface area contributed by atoms with E-state index in [4.69, 9.17) is 0 Å². The number of hydrogen-bond donors (Lipinski definition) is 1. The molecule has 0 bridgehead atoms. The van der Waals surface area contributed by atoms with Gasteiger partial charge in [0, 0.05) is 20.6 Å². The van der Waals surface area contributed by atoms with Crippen LogP contribution in [-0.2, 0) is 25.4 Å². The number of nitrogens with zero attached hydrogens (tertiary/aromatic N) is 4. The molecule has 2 rings (SSSR count). The standard InChI is InChI=1S/C12H15N5O3/c1-4-5-13-8(18)6-17-7-14-10-9(17)11(19)16(3)12(20)15(10)2/h4,7H,1,5-6H2,2-3H3,(H,13,18). The Hall–Kier alpha value is -2.64. The Morgan fingerprint density at radius 2 is 2.10 bits per heavy atom. The van der Waals surface area contributed by atoms with Crippen LogP contribution in [0.25, 0.3) is 11.2 Å². The minimum atomic E-state index is -0.475. The molecule has 0 spiro atoms. The first kappa shape index (κ1) is 13.8. The quantitative estimate of drug-likeness (QED) is 0.706. The van der Waals surface area contributed by atoms with Crippen molar-refractivity contribution in [3.05, 3.63) is 39.8 Å². The zero-order valence-corrected chi connectivity index (χ0v) is 11.3. The molecule has 0 aliphatic rings. The van der Waals surface area contributed by atoms with Gasteiger partial charge in [-0.25, -0.2) is 9.78 Å². The molecule has 0 fully saturated rings. The fourth-order valence-corrected chi connectivity index (χ4v) is 1.91. The highest BCUT2D eigenvalue weighted by Crippen LogP contribution is 2.04. The molecule has 0 saturated heterocycles. The summed E-state index contributed by atoms with van der Waals surface area (Å²) in [5, 5.41) is 2.61. The first-order valence-corrected chi connectivity index (χ1v) is 5.95. The second-order valence-electron chi connectivity index (χ2n) is 4.34. The van der Waals surface area contributed by atoms with E-state index in [1.807, 2.05) is 0 Å². The first-order valence-electron chi connectivity index (χ1n) is 5.95. The van der Waals surface area contributed by atoms with E-state index in [2.05, 4.69) is 16.9 Å². The molecule has 106 valence electrons. The van der Waals surface area contributed by atoms with Crippen molar-refractivity contribution in [3.63, 3.8) is 0 Å². The third-order valence-corrected chi connectivity index (χ3v) is 2.97. The largest absolute Gasteiger partial charge is 0.351 e. The first-order chi connectivity index (χ1) is 9.47. The summed E-state index contributed by atoms with van der Waals surface area (Å²) >= 11 is 0. The second kappa shape index (κ2) is 5.16. The van der Waals surface area contributed by atoms with E-state index < -0.39 is 11.2 Å². The van der Waals surface area contributed by atoms with Gasteiger partial charge in [-0.05, 0) is 0 Å². The molecule has 2 aromatic rings. The average molecular weight is 277 g/mol. The van der Waals surface area contributed by atoms with Crippen molar-refractivity contribution in [2.75, 3.05) is 6.54 Å². The molecule has 8 nitrogen and oxygen atoms in total. The number of carbonyl (C=O) groups is 1. The van der Waals surface area contributed by atoms with Gasteiger partial charge in [-0.15, -0.1) is 6.58 Å². The Morgan fingerprint density at radius 1 is 1.40 bits per heavy atom. The Labute approximate surface area is 114 Å². The highest BCUT2D eigenvalue weighted by atomic mass is 16.2. The van der Waals surface area contributed by atoms with Gasteiger partial charge in [0.25, 0.3) is 5.56 Å². The van der Waals surface area contributed by atoms with Crippen LogP contribution in [0.2, 0.25) is 0 Å². The fourth-order valence-electron chi connectivity index (χ4n) is 1.91. The van der Waals surface area contributed by atoms with Crippen molar-refractivity contribution < 1.29 is 4.79 Å². The number of aromatic nitrogens is 4. The molecule has 1 amide bonds. The molecule has 2 aromatic heterocycles. The number of hydrogen-bond acceptors (Lipinski definition) is 4. The molecule has 8 heteroatoms. The predicted molar refractivity (Wildman–Crippen MR) is 73.4 cm³/mol. The van der Waals surface area contributed by atoms with Gasteiger partial charge in [0.05, 0.1) is 6.33 Å². The lowest BCUT2D eigenvalue weighted by Gasteiger charge is -2.06. The molecule has 1 N–H and O–H groups in total. The summed E-state index contributed by atoms with van der Waals surface area (Å²) in [6.07, 6.45) is 2.94. The van der Waals surface area contributed by atoms with Crippen LogP contribution in [0.4, 0.5) is 0 Å². The highest BCUT2D eigenvalue weighted by Gasteiger charge is 2.15. The molecule has 0 unspecified atom stereocenters. The molecule has 0 aliphatic heterocycles. The lowest BCUT2D eigenvalue weighted by Crippen LogP contribution is -2.38. The number of amides is 1. The van der Waals surface area contributed by atoms with Crippen LogP contribution in [0.1, 0.15) is 0 Å². The summed E-state index contributed by atoms with van der Waals surface area (Å²) in [7, 11) is 2.92. The van der Waals surface area contributed by atoms with Gasteiger partial charge in [0.1, 0.15) is 6.54 Å². The zero-order valence-electron chi connectivity index (χ0n) is 11.3. The maximum absolute atomic E-state index is 12.1. The Bertz CT molecular complexity index is 796. The monoisotopic (exact) mass is 277 g/mol. The van der Waals surface area contributed by atoms with Crippen molar-refractivity contribution in [2.45, 2.75) is 6.54 Å². The van der Waals surface area contributed by atoms with Crippen molar-refractivity contribution in [3.8, 4) is 0 Å². The van der Waals surface area contributed by atoms with Crippen molar-refractivity contribution in [2.24, 2.45) is 14.1 Å². The summed E-state index contributed by atoms with van der Waals surface area (Å²) in [6, 6.07) is 0. The fraction of sp³-hybridized carbons (Fsp3) is 0.333. The van der Waals surface area contributed by atoms with Gasteiger partial charge in [-0.3, -0.25) is 18.7 Å². The number of rotatable bonds is 4. The molecular weight excluding hydrogens is 262 g/mol. The molecule has 0 atom stereocenters. The van der Waals surface area contributed by atoms with Crippen LogP contribution in [0.15, 0.2) is 28.6 Å². The molecule has 0 aromatic carbocycles. The number of aryl methyl sites for hydroxylation is 1. The molecule has 0 aliphatic carbocycles. The van der Waals surface area contributed by atoms with Crippen LogP contribution in [-0.4, -0.2) is 31.1 Å². The average Bonchev–Trinajstić information content (AvgIpc) is 2.84. The van der Waals surface area contributed by atoms with Gasteiger partial charge >= 0.3 is 5.69 Å². The van der Waals surface area contributed by atoms with Gasteiger partial charge < -0.3 is 9.88 Å². The van der Waals surface area contributed by atoms with Crippen LogP contribution < -0.4 is 16.6 Å². The van der Waals surface area contributed by atoms with Crippen LogP contribution >= 0.6 is 0 Å². The maximum atomic E-state index is 12.1. The van der Waals surface area contributed by atoms with Gasteiger partial charge in [-0.2, -0.15) is 0 Å². The SMILES string of the molecule is C=CCNC(=O)Cn1cnc2c1c(=O)n(C)c(=O)n2C. The van der Waals surface area contributed by atoms with Crippen molar-refractivity contribution >= 4 is 17.1 Å². The Balaban J connectivity index is 2.52. The third-order valence-electron chi connectivity index (χ3n) is 2.97. The molecule has 0 saturated carbocycles. The van der Waals surface area contributed by atoms with E-state index >= 15 is 0 Å². The van der Waals surface area contributed by atoms with Gasteiger partial charge in [0.15, 0.2) is 11.2 Å². The highest BCUT2D eigenvalue weighted by molar-refractivity contribution is 5.78. The van der Waals surface area contributed by atoms with E-state index in [1.165, 1.54) is 29.6 Å². The van der Waals surface area contributed by atoms with Crippen molar-refractivity contribution in [1.82, 2.24) is 24.0 Å². The number of nitrogens with one attached hydrogen (secondary N) is 1. The molecule has 0 radical (unpaired) electrons. The summed E-state index contributed by atoms with van der Waals surface area (Å²) in [4.78, 5) is 39.6. The minimum Gasteiger partial charge on any atom is -0.351 e. The van der Waals surface area contributed by atoms with E-state index in [9.17, 15) is 14.4 Å². The van der Waals surface area contributed by atoms with E-state index in [0.29, 0.717) is 6.54 Å². The van der Waals surface area contributed by atoms with Crippen LogP contribution in [0.3, 0.4) is 0 Å². The zero-order chi connectivity index (χ0) is 14.9. The molecule has 2 heterocycles. The van der Waals surface area contributed by atoms with Gasteiger partial charge in [0.2, 0.25) is 5.91 Å². The summed E-state index contributed by atoms with van der Waals surface area (Å²) in [5.41, 5.74) is -0.445.